The van der Waals surface area contributed by atoms with Gasteiger partial charge in [-0.25, -0.2) is 4.98 Å². The number of nitrogens with one attached hydrogen (secondary N) is 2. The van der Waals surface area contributed by atoms with E-state index in [1.165, 1.54) is 0 Å². The molecule has 0 spiro atoms. The van der Waals surface area contributed by atoms with Crippen molar-refractivity contribution in [3.05, 3.63) is 40.7 Å². The molecule has 0 radical (unpaired) electrons. The van der Waals surface area contributed by atoms with E-state index in [2.05, 4.69) is 52.0 Å². The quantitative estimate of drug-likeness (QED) is 0.241. The summed E-state index contributed by atoms with van der Waals surface area (Å²) in [5.41, 5.74) is 2.16. The molecule has 0 saturated carbocycles. The van der Waals surface area contributed by atoms with Gasteiger partial charge in [0, 0.05) is 31.1 Å². The van der Waals surface area contributed by atoms with Gasteiger partial charge in [0.15, 0.2) is 5.96 Å². The predicted molar refractivity (Wildman–Crippen MR) is 121 cm³/mol. The first-order valence-corrected chi connectivity index (χ1v) is 9.59. The average Bonchev–Trinajstić information content (AvgIpc) is 3.10. The van der Waals surface area contributed by atoms with Crippen LogP contribution in [0.3, 0.4) is 0 Å². The van der Waals surface area contributed by atoms with E-state index in [1.54, 1.807) is 18.4 Å². The van der Waals surface area contributed by atoms with Crippen LogP contribution in [0, 0.1) is 5.92 Å². The minimum Gasteiger partial charge on any atom is -0.380 e. The molecule has 0 saturated heterocycles. The topological polar surface area (TPSA) is 58.5 Å². The van der Waals surface area contributed by atoms with Gasteiger partial charge >= 0.3 is 0 Å². The number of halogens is 1. The molecule has 0 unspecified atom stereocenters. The molecule has 26 heavy (non-hydrogen) atoms. The molecule has 1 aromatic heterocycles. The number of nitrogens with zero attached hydrogens (tertiary/aromatic N) is 2. The van der Waals surface area contributed by atoms with Gasteiger partial charge < -0.3 is 15.4 Å². The molecular formula is C19H29IN4OS. The molecule has 0 fully saturated rings. The highest BCUT2D eigenvalue weighted by atomic mass is 127. The number of hydrogen-bond acceptors (Lipinski definition) is 4. The third-order valence-electron chi connectivity index (χ3n) is 3.63. The Morgan fingerprint density at radius 1 is 1.19 bits per heavy atom. The van der Waals surface area contributed by atoms with Gasteiger partial charge in [-0.15, -0.1) is 35.3 Å². The third-order valence-corrected chi connectivity index (χ3v) is 4.48. The van der Waals surface area contributed by atoms with Crippen LogP contribution in [0.2, 0.25) is 0 Å². The predicted octanol–water partition coefficient (Wildman–Crippen LogP) is 4.16. The molecule has 2 aromatic rings. The van der Waals surface area contributed by atoms with Crippen LogP contribution in [0.25, 0.3) is 11.3 Å². The van der Waals surface area contributed by atoms with Crippen molar-refractivity contribution in [2.45, 2.75) is 26.8 Å². The maximum absolute atomic E-state index is 5.60. The van der Waals surface area contributed by atoms with Gasteiger partial charge in [0.05, 0.1) is 18.8 Å². The van der Waals surface area contributed by atoms with Crippen molar-refractivity contribution in [3.63, 3.8) is 0 Å². The number of rotatable bonds is 9. The number of hydrogen-bond donors (Lipinski definition) is 2. The Bertz CT molecular complexity index is 646. The zero-order chi connectivity index (χ0) is 17.9. The summed E-state index contributed by atoms with van der Waals surface area (Å²) in [5, 5.41) is 9.67. The molecule has 0 aliphatic heterocycles. The van der Waals surface area contributed by atoms with E-state index < -0.39 is 0 Å². The summed E-state index contributed by atoms with van der Waals surface area (Å²) in [7, 11) is 1.77. The molecule has 0 bridgehead atoms. The standard InChI is InChI=1S/C19H28N4OS.HI/c1-15(2)9-11-24-12-10-21-19(20-3)22-13-18-23-17(14-25-18)16-7-5-4-6-8-16;/h4-8,14-15H,9-13H2,1-3H3,(H2,20,21,22);1H. The number of thiazole rings is 1. The van der Waals surface area contributed by atoms with Crippen LogP contribution < -0.4 is 10.6 Å². The van der Waals surface area contributed by atoms with E-state index in [9.17, 15) is 0 Å². The van der Waals surface area contributed by atoms with Gasteiger partial charge in [0.2, 0.25) is 0 Å². The minimum absolute atomic E-state index is 0. The monoisotopic (exact) mass is 488 g/mol. The summed E-state index contributed by atoms with van der Waals surface area (Å²) < 4.78 is 5.60. The number of ether oxygens (including phenoxy) is 1. The maximum Gasteiger partial charge on any atom is 0.191 e. The molecule has 2 rings (SSSR count). The second-order valence-electron chi connectivity index (χ2n) is 6.14. The van der Waals surface area contributed by atoms with Crippen molar-refractivity contribution in [3.8, 4) is 11.3 Å². The van der Waals surface area contributed by atoms with Crippen molar-refractivity contribution in [1.82, 2.24) is 15.6 Å². The molecule has 7 heteroatoms. The van der Waals surface area contributed by atoms with Crippen LogP contribution in [-0.4, -0.2) is 37.7 Å². The van der Waals surface area contributed by atoms with Crippen molar-refractivity contribution in [1.29, 1.82) is 0 Å². The maximum atomic E-state index is 5.60. The lowest BCUT2D eigenvalue weighted by molar-refractivity contribution is 0.128. The molecule has 0 aliphatic rings. The van der Waals surface area contributed by atoms with Gasteiger partial charge in [-0.3, -0.25) is 4.99 Å². The Morgan fingerprint density at radius 3 is 2.65 bits per heavy atom. The molecule has 2 N–H and O–H groups in total. The van der Waals surface area contributed by atoms with E-state index in [0.29, 0.717) is 19.1 Å². The van der Waals surface area contributed by atoms with Crippen molar-refractivity contribution in [2.24, 2.45) is 10.9 Å². The zero-order valence-corrected chi connectivity index (χ0v) is 18.8. The first-order chi connectivity index (χ1) is 12.2. The van der Waals surface area contributed by atoms with E-state index >= 15 is 0 Å². The third kappa shape index (κ3) is 8.46. The Hall–Kier alpha value is -1.19. The molecule has 1 heterocycles. The van der Waals surface area contributed by atoms with Crippen LogP contribution in [-0.2, 0) is 11.3 Å². The normalized spacial score (nSPS) is 11.3. The fourth-order valence-electron chi connectivity index (χ4n) is 2.18. The van der Waals surface area contributed by atoms with Crippen LogP contribution in [0.4, 0.5) is 0 Å². The van der Waals surface area contributed by atoms with E-state index in [1.807, 2.05) is 18.2 Å². The first-order valence-electron chi connectivity index (χ1n) is 8.71. The first kappa shape index (κ1) is 22.9. The summed E-state index contributed by atoms with van der Waals surface area (Å²) >= 11 is 1.65. The second kappa shape index (κ2) is 13.1. The van der Waals surface area contributed by atoms with Crippen LogP contribution >= 0.6 is 35.3 Å². The minimum atomic E-state index is 0. The van der Waals surface area contributed by atoms with Crippen LogP contribution in [0.5, 0.6) is 0 Å². The molecular weight excluding hydrogens is 459 g/mol. The van der Waals surface area contributed by atoms with Crippen LogP contribution in [0.15, 0.2) is 40.7 Å². The lowest BCUT2D eigenvalue weighted by Gasteiger charge is -2.11. The van der Waals surface area contributed by atoms with Gasteiger partial charge in [-0.05, 0) is 12.3 Å². The summed E-state index contributed by atoms with van der Waals surface area (Å²) in [5.74, 6) is 1.45. The number of benzene rings is 1. The molecule has 1 aromatic carbocycles. The average molecular weight is 488 g/mol. The van der Waals surface area contributed by atoms with E-state index in [4.69, 9.17) is 4.74 Å². The summed E-state index contributed by atoms with van der Waals surface area (Å²) in [4.78, 5) is 8.90. The summed E-state index contributed by atoms with van der Waals surface area (Å²) in [6.45, 7) is 7.30. The fourth-order valence-corrected chi connectivity index (χ4v) is 2.92. The Morgan fingerprint density at radius 2 is 1.96 bits per heavy atom. The smallest absolute Gasteiger partial charge is 0.191 e. The van der Waals surface area contributed by atoms with E-state index in [-0.39, 0.29) is 24.0 Å². The molecule has 0 amide bonds. The molecule has 0 atom stereocenters. The summed E-state index contributed by atoms with van der Waals surface area (Å²) in [6.07, 6.45) is 1.10. The number of guanidine groups is 1. The summed E-state index contributed by atoms with van der Waals surface area (Å²) in [6, 6.07) is 10.2. The Balaban J connectivity index is 0.00000338. The van der Waals surface area contributed by atoms with Gasteiger partial charge in [0.25, 0.3) is 0 Å². The Labute approximate surface area is 177 Å². The van der Waals surface area contributed by atoms with Crippen molar-refractivity contribution in [2.75, 3.05) is 26.8 Å². The highest BCUT2D eigenvalue weighted by Gasteiger charge is 2.05. The SMILES string of the molecule is CN=C(NCCOCCC(C)C)NCc1nc(-c2ccccc2)cs1.I. The number of aliphatic imine (C=N–C) groups is 1. The van der Waals surface area contributed by atoms with Crippen molar-refractivity contribution < 1.29 is 4.74 Å². The fraction of sp³-hybridized carbons (Fsp3) is 0.474. The van der Waals surface area contributed by atoms with Crippen LogP contribution in [0.1, 0.15) is 25.3 Å². The van der Waals surface area contributed by atoms with Gasteiger partial charge in [0.1, 0.15) is 5.01 Å². The van der Waals surface area contributed by atoms with Gasteiger partial charge in [-0.1, -0.05) is 44.2 Å². The highest BCUT2D eigenvalue weighted by Crippen LogP contribution is 2.21. The van der Waals surface area contributed by atoms with E-state index in [0.717, 1.165) is 41.8 Å². The zero-order valence-electron chi connectivity index (χ0n) is 15.7. The molecule has 5 nitrogen and oxygen atoms in total. The number of aromatic nitrogens is 1. The molecule has 144 valence electrons. The Kier molecular flexibility index (Phi) is 11.5. The highest BCUT2D eigenvalue weighted by molar-refractivity contribution is 14.0. The largest absolute Gasteiger partial charge is 0.380 e. The van der Waals surface area contributed by atoms with Crippen molar-refractivity contribution >= 4 is 41.3 Å². The van der Waals surface area contributed by atoms with Gasteiger partial charge in [-0.2, -0.15) is 0 Å². The second-order valence-corrected chi connectivity index (χ2v) is 7.08. The lowest BCUT2D eigenvalue weighted by atomic mass is 10.1. The molecule has 0 aliphatic carbocycles. The lowest BCUT2D eigenvalue weighted by Crippen LogP contribution is -2.38.